The maximum absolute atomic E-state index is 13.1. The smallest absolute Gasteiger partial charge is 0.139 e. The van der Waals surface area contributed by atoms with Crippen LogP contribution in [0.4, 0.5) is 21.7 Å². The molecule has 0 unspecified atom stereocenters. The molecule has 0 atom stereocenters. The molecule has 19 heavy (non-hydrogen) atoms. The maximum atomic E-state index is 13.1. The molecule has 0 fully saturated rings. The van der Waals surface area contributed by atoms with E-state index in [1.165, 1.54) is 12.1 Å². The molecule has 0 aliphatic carbocycles. The Morgan fingerprint density at radius 1 is 1.16 bits per heavy atom. The van der Waals surface area contributed by atoms with E-state index in [1.54, 1.807) is 6.07 Å². The molecule has 1 aromatic heterocycles. The standard InChI is InChI=1S/C13H14BrFN4/c1-7-12(16-3)17-8(2)18-13(7)19-11-5-4-9(15)6-10(11)14/h4-6H,1-3H3,(H2,16,17,18,19). The Hall–Kier alpha value is -1.69. The van der Waals surface area contributed by atoms with Crippen LogP contribution in [0, 0.1) is 19.7 Å². The van der Waals surface area contributed by atoms with Crippen molar-refractivity contribution >= 4 is 33.3 Å². The third kappa shape index (κ3) is 3.01. The second-order valence-corrected chi connectivity index (χ2v) is 4.95. The van der Waals surface area contributed by atoms with Crippen molar-refractivity contribution in [3.8, 4) is 0 Å². The molecule has 6 heteroatoms. The summed E-state index contributed by atoms with van der Waals surface area (Å²) in [5.41, 5.74) is 1.66. The summed E-state index contributed by atoms with van der Waals surface area (Å²) >= 11 is 3.32. The van der Waals surface area contributed by atoms with E-state index in [0.29, 0.717) is 16.1 Å². The lowest BCUT2D eigenvalue weighted by atomic mass is 10.2. The molecule has 100 valence electrons. The van der Waals surface area contributed by atoms with Crippen molar-refractivity contribution in [3.63, 3.8) is 0 Å². The summed E-state index contributed by atoms with van der Waals surface area (Å²) in [5.74, 6) is 1.84. The van der Waals surface area contributed by atoms with Gasteiger partial charge >= 0.3 is 0 Å². The van der Waals surface area contributed by atoms with E-state index in [2.05, 4.69) is 36.5 Å². The van der Waals surface area contributed by atoms with Gasteiger partial charge in [0.1, 0.15) is 23.3 Å². The third-order valence-electron chi connectivity index (χ3n) is 2.68. The fourth-order valence-corrected chi connectivity index (χ4v) is 2.16. The van der Waals surface area contributed by atoms with E-state index in [0.717, 1.165) is 17.1 Å². The zero-order chi connectivity index (χ0) is 14.0. The highest BCUT2D eigenvalue weighted by molar-refractivity contribution is 9.10. The zero-order valence-electron chi connectivity index (χ0n) is 10.9. The highest BCUT2D eigenvalue weighted by atomic mass is 79.9. The molecule has 0 spiro atoms. The fourth-order valence-electron chi connectivity index (χ4n) is 1.71. The molecule has 0 radical (unpaired) electrons. The Balaban J connectivity index is 2.40. The molecule has 1 aromatic carbocycles. The van der Waals surface area contributed by atoms with Crippen molar-refractivity contribution < 1.29 is 4.39 Å². The van der Waals surface area contributed by atoms with E-state index < -0.39 is 0 Å². The lowest BCUT2D eigenvalue weighted by molar-refractivity contribution is 0.627. The third-order valence-corrected chi connectivity index (χ3v) is 3.33. The Kier molecular flexibility index (Phi) is 3.99. The number of aryl methyl sites for hydroxylation is 1. The van der Waals surface area contributed by atoms with E-state index in [-0.39, 0.29) is 5.82 Å². The number of benzene rings is 1. The molecule has 0 saturated heterocycles. The Bertz CT molecular complexity index is 616. The van der Waals surface area contributed by atoms with Crippen molar-refractivity contribution in [1.29, 1.82) is 0 Å². The van der Waals surface area contributed by atoms with Crippen LogP contribution >= 0.6 is 15.9 Å². The van der Waals surface area contributed by atoms with Gasteiger partial charge in [0, 0.05) is 17.1 Å². The summed E-state index contributed by atoms with van der Waals surface area (Å²) in [6, 6.07) is 4.47. The van der Waals surface area contributed by atoms with Crippen molar-refractivity contribution in [2.45, 2.75) is 13.8 Å². The quantitative estimate of drug-likeness (QED) is 0.902. The van der Waals surface area contributed by atoms with Crippen LogP contribution in [0.25, 0.3) is 0 Å². The van der Waals surface area contributed by atoms with Crippen LogP contribution in [0.2, 0.25) is 0 Å². The molecule has 0 amide bonds. The van der Waals surface area contributed by atoms with Gasteiger partial charge in [0.05, 0.1) is 5.69 Å². The van der Waals surface area contributed by atoms with Gasteiger partial charge in [0.25, 0.3) is 0 Å². The van der Waals surface area contributed by atoms with Gasteiger partial charge in [0.15, 0.2) is 0 Å². The van der Waals surface area contributed by atoms with Gasteiger partial charge in [-0.2, -0.15) is 0 Å². The van der Waals surface area contributed by atoms with Crippen LogP contribution in [0.15, 0.2) is 22.7 Å². The van der Waals surface area contributed by atoms with Crippen LogP contribution in [0.5, 0.6) is 0 Å². The van der Waals surface area contributed by atoms with Gasteiger partial charge in [0.2, 0.25) is 0 Å². The summed E-state index contributed by atoms with van der Waals surface area (Å²) in [6.07, 6.45) is 0. The molecule has 4 nitrogen and oxygen atoms in total. The first kappa shape index (κ1) is 13.7. The minimum absolute atomic E-state index is 0.288. The number of halogens is 2. The lowest BCUT2D eigenvalue weighted by Crippen LogP contribution is -2.05. The van der Waals surface area contributed by atoms with Crippen LogP contribution in [-0.2, 0) is 0 Å². The predicted molar refractivity (Wildman–Crippen MR) is 78.4 cm³/mol. The number of nitrogens with zero attached hydrogens (tertiary/aromatic N) is 2. The molecular formula is C13H14BrFN4. The van der Waals surface area contributed by atoms with E-state index in [1.807, 2.05) is 20.9 Å². The highest BCUT2D eigenvalue weighted by Gasteiger charge is 2.10. The molecular weight excluding hydrogens is 311 g/mol. The second kappa shape index (κ2) is 5.52. The number of hydrogen-bond acceptors (Lipinski definition) is 4. The average molecular weight is 325 g/mol. The molecule has 0 saturated carbocycles. The van der Waals surface area contributed by atoms with Crippen LogP contribution in [-0.4, -0.2) is 17.0 Å². The highest BCUT2D eigenvalue weighted by Crippen LogP contribution is 2.28. The Morgan fingerprint density at radius 2 is 1.84 bits per heavy atom. The minimum atomic E-state index is -0.288. The summed E-state index contributed by atoms with van der Waals surface area (Å²) in [6.45, 7) is 3.75. The van der Waals surface area contributed by atoms with E-state index in [4.69, 9.17) is 0 Å². The number of rotatable bonds is 3. The van der Waals surface area contributed by atoms with Crippen LogP contribution in [0.3, 0.4) is 0 Å². The van der Waals surface area contributed by atoms with E-state index >= 15 is 0 Å². The molecule has 2 N–H and O–H groups in total. The molecule has 2 rings (SSSR count). The molecule has 1 heterocycles. The minimum Gasteiger partial charge on any atom is -0.373 e. The van der Waals surface area contributed by atoms with Crippen molar-refractivity contribution in [1.82, 2.24) is 9.97 Å². The van der Waals surface area contributed by atoms with Gasteiger partial charge in [-0.25, -0.2) is 14.4 Å². The Labute approximate surface area is 119 Å². The summed E-state index contributed by atoms with van der Waals surface area (Å²) in [7, 11) is 1.81. The topological polar surface area (TPSA) is 49.8 Å². The predicted octanol–water partition coefficient (Wildman–Crippen LogP) is 3.78. The van der Waals surface area contributed by atoms with Crippen molar-refractivity contribution in [2.75, 3.05) is 17.7 Å². The number of anilines is 3. The molecule has 0 bridgehead atoms. The van der Waals surface area contributed by atoms with Crippen LogP contribution < -0.4 is 10.6 Å². The van der Waals surface area contributed by atoms with E-state index in [9.17, 15) is 4.39 Å². The van der Waals surface area contributed by atoms with Gasteiger partial charge < -0.3 is 10.6 Å². The summed E-state index contributed by atoms with van der Waals surface area (Å²) in [4.78, 5) is 8.66. The normalized spacial score (nSPS) is 10.4. The molecule has 0 aliphatic heterocycles. The number of nitrogens with one attached hydrogen (secondary N) is 2. The maximum Gasteiger partial charge on any atom is 0.139 e. The Morgan fingerprint density at radius 3 is 2.47 bits per heavy atom. The number of hydrogen-bond donors (Lipinski definition) is 2. The summed E-state index contributed by atoms with van der Waals surface area (Å²) in [5, 5.41) is 6.20. The largest absolute Gasteiger partial charge is 0.373 e. The first-order chi connectivity index (χ1) is 9.01. The SMILES string of the molecule is CNc1nc(C)nc(Nc2ccc(F)cc2Br)c1C. The van der Waals surface area contributed by atoms with Crippen LogP contribution in [0.1, 0.15) is 11.4 Å². The van der Waals surface area contributed by atoms with Gasteiger partial charge in [-0.15, -0.1) is 0 Å². The fraction of sp³-hybridized carbons (Fsp3) is 0.231. The lowest BCUT2D eigenvalue weighted by Gasteiger charge is -2.13. The zero-order valence-corrected chi connectivity index (χ0v) is 12.5. The molecule has 0 aliphatic rings. The first-order valence-electron chi connectivity index (χ1n) is 5.76. The van der Waals surface area contributed by atoms with Gasteiger partial charge in [-0.05, 0) is 48.0 Å². The van der Waals surface area contributed by atoms with Crippen molar-refractivity contribution in [3.05, 3.63) is 39.9 Å². The summed E-state index contributed by atoms with van der Waals surface area (Å²) < 4.78 is 13.7. The van der Waals surface area contributed by atoms with Gasteiger partial charge in [-0.1, -0.05) is 0 Å². The van der Waals surface area contributed by atoms with Gasteiger partial charge in [-0.3, -0.25) is 0 Å². The number of aromatic nitrogens is 2. The molecule has 2 aromatic rings. The second-order valence-electron chi connectivity index (χ2n) is 4.09. The monoisotopic (exact) mass is 324 g/mol. The average Bonchev–Trinajstić information content (AvgIpc) is 2.36. The van der Waals surface area contributed by atoms with Crippen molar-refractivity contribution in [2.24, 2.45) is 0 Å². The first-order valence-corrected chi connectivity index (χ1v) is 6.55.